The molecule has 2 aromatic heterocycles. The number of nitrogens with zero attached hydrogens (tertiary/aromatic N) is 1. The third kappa shape index (κ3) is 3.34. The molecule has 29 heavy (non-hydrogen) atoms. The molecule has 5 nitrogen and oxygen atoms in total. The highest BCUT2D eigenvalue weighted by Gasteiger charge is 2.17. The van der Waals surface area contributed by atoms with Crippen LogP contribution < -0.4 is 10.3 Å². The van der Waals surface area contributed by atoms with Gasteiger partial charge < -0.3 is 14.7 Å². The second-order valence-electron chi connectivity index (χ2n) is 7.54. The Morgan fingerprint density at radius 2 is 2.00 bits per heavy atom. The van der Waals surface area contributed by atoms with Gasteiger partial charge in [0.25, 0.3) is 5.56 Å². The van der Waals surface area contributed by atoms with Crippen molar-refractivity contribution >= 4 is 27.4 Å². The van der Waals surface area contributed by atoms with Gasteiger partial charge in [-0.05, 0) is 47.7 Å². The highest BCUT2D eigenvalue weighted by molar-refractivity contribution is 5.93. The summed E-state index contributed by atoms with van der Waals surface area (Å²) in [5.74, 6) is 0.868. The van der Waals surface area contributed by atoms with E-state index in [-0.39, 0.29) is 5.56 Å². The number of aromatic nitrogens is 2. The van der Waals surface area contributed by atoms with Gasteiger partial charge in [-0.2, -0.15) is 0 Å². The van der Waals surface area contributed by atoms with Crippen LogP contribution in [-0.2, 0) is 6.54 Å². The van der Waals surface area contributed by atoms with Crippen molar-refractivity contribution in [2.75, 3.05) is 20.2 Å². The molecule has 0 saturated heterocycles. The van der Waals surface area contributed by atoms with Crippen molar-refractivity contribution in [1.29, 1.82) is 0 Å². The van der Waals surface area contributed by atoms with Crippen LogP contribution in [-0.4, -0.2) is 35.1 Å². The number of H-pyrrole nitrogens is 2. The molecule has 0 unspecified atom stereocenters. The summed E-state index contributed by atoms with van der Waals surface area (Å²) in [5.41, 5.74) is 5.40. The van der Waals surface area contributed by atoms with Gasteiger partial charge in [0.1, 0.15) is 5.75 Å². The van der Waals surface area contributed by atoms with Gasteiger partial charge in [-0.1, -0.05) is 24.3 Å². The van der Waals surface area contributed by atoms with Gasteiger partial charge in [0.2, 0.25) is 0 Å². The molecule has 0 amide bonds. The van der Waals surface area contributed by atoms with Crippen molar-refractivity contribution in [3.05, 3.63) is 82.3 Å². The van der Waals surface area contributed by atoms with E-state index in [1.54, 1.807) is 7.11 Å². The molecule has 0 radical (unpaired) electrons. The molecule has 0 bridgehead atoms. The second-order valence-corrected chi connectivity index (χ2v) is 7.54. The fraction of sp³-hybridized carbons (Fsp3) is 0.208. The van der Waals surface area contributed by atoms with Gasteiger partial charge in [-0.3, -0.25) is 9.69 Å². The van der Waals surface area contributed by atoms with Crippen LogP contribution in [0.1, 0.15) is 17.5 Å². The number of nitrogens with one attached hydrogen (secondary N) is 2. The molecule has 0 aliphatic carbocycles. The van der Waals surface area contributed by atoms with Gasteiger partial charge in [-0.15, -0.1) is 0 Å². The van der Waals surface area contributed by atoms with Crippen molar-refractivity contribution in [3.63, 3.8) is 0 Å². The van der Waals surface area contributed by atoms with E-state index in [9.17, 15) is 4.79 Å². The number of ether oxygens (including phenoxy) is 1. The van der Waals surface area contributed by atoms with Crippen LogP contribution in [0.3, 0.4) is 0 Å². The summed E-state index contributed by atoms with van der Waals surface area (Å²) in [5, 5.41) is 2.26. The molecule has 2 N–H and O–H groups in total. The van der Waals surface area contributed by atoms with Gasteiger partial charge in [0.15, 0.2) is 0 Å². The van der Waals surface area contributed by atoms with Gasteiger partial charge in [0, 0.05) is 53.4 Å². The third-order valence-electron chi connectivity index (χ3n) is 5.75. The zero-order valence-corrected chi connectivity index (χ0v) is 16.4. The Kier molecular flexibility index (Phi) is 4.45. The minimum absolute atomic E-state index is 0.00204. The number of aromatic amines is 2. The summed E-state index contributed by atoms with van der Waals surface area (Å²) in [4.78, 5) is 21.1. The predicted octanol–water partition coefficient (Wildman–Crippen LogP) is 4.31. The lowest BCUT2D eigenvalue weighted by Gasteiger charge is -2.26. The number of para-hydroxylation sites is 1. The van der Waals surface area contributed by atoms with Crippen LogP contribution in [0.2, 0.25) is 0 Å². The molecule has 1 aliphatic rings. The standard InChI is InChI=1S/C24H23N3O2/c1-29-19-6-7-23-20(13-19)21(14-25-23)16-8-10-27(11-9-16)15-18-12-17-4-2-3-5-22(17)26-24(18)28/h2-8,12-14,25H,9-11,15H2,1H3,(H,26,28). The van der Waals surface area contributed by atoms with Crippen molar-refractivity contribution < 1.29 is 4.74 Å². The van der Waals surface area contributed by atoms with E-state index in [1.807, 2.05) is 36.4 Å². The normalized spacial score (nSPS) is 15.0. The number of pyridine rings is 1. The van der Waals surface area contributed by atoms with Gasteiger partial charge in [-0.25, -0.2) is 0 Å². The van der Waals surface area contributed by atoms with E-state index >= 15 is 0 Å². The van der Waals surface area contributed by atoms with E-state index in [1.165, 1.54) is 16.5 Å². The lowest BCUT2D eigenvalue weighted by molar-refractivity contribution is 0.293. The van der Waals surface area contributed by atoms with Gasteiger partial charge in [0.05, 0.1) is 7.11 Å². The van der Waals surface area contributed by atoms with E-state index < -0.39 is 0 Å². The SMILES string of the molecule is COc1ccc2[nH]cc(C3=CCN(Cc4cc5ccccc5[nH]c4=O)CC3)c2c1. The van der Waals surface area contributed by atoms with Gasteiger partial charge >= 0.3 is 0 Å². The summed E-state index contributed by atoms with van der Waals surface area (Å²) in [7, 11) is 1.69. The van der Waals surface area contributed by atoms with Crippen molar-refractivity contribution in [3.8, 4) is 5.75 Å². The Bertz CT molecular complexity index is 1280. The number of methoxy groups -OCH3 is 1. The summed E-state index contributed by atoms with van der Waals surface area (Å²) >= 11 is 0. The highest BCUT2D eigenvalue weighted by Crippen LogP contribution is 2.31. The molecule has 0 spiro atoms. The fourth-order valence-electron chi connectivity index (χ4n) is 4.14. The first-order chi connectivity index (χ1) is 14.2. The number of hydrogen-bond acceptors (Lipinski definition) is 3. The number of fused-ring (bicyclic) bond motifs is 2. The van der Waals surface area contributed by atoms with Crippen LogP contribution in [0, 0.1) is 0 Å². The van der Waals surface area contributed by atoms with Crippen LogP contribution in [0.15, 0.2) is 65.6 Å². The van der Waals surface area contributed by atoms with Crippen LogP contribution >= 0.6 is 0 Å². The molecule has 2 aromatic carbocycles. The molecule has 3 heterocycles. The maximum atomic E-state index is 12.5. The second kappa shape index (κ2) is 7.26. The summed E-state index contributed by atoms with van der Waals surface area (Å²) in [6.45, 7) is 2.42. The van der Waals surface area contributed by atoms with Crippen LogP contribution in [0.25, 0.3) is 27.4 Å². The molecule has 0 atom stereocenters. The monoisotopic (exact) mass is 385 g/mol. The number of benzene rings is 2. The van der Waals surface area contributed by atoms with E-state index in [4.69, 9.17) is 4.74 Å². The Balaban J connectivity index is 1.37. The van der Waals surface area contributed by atoms with E-state index in [0.29, 0.717) is 6.54 Å². The first-order valence-corrected chi connectivity index (χ1v) is 9.89. The minimum Gasteiger partial charge on any atom is -0.497 e. The lowest BCUT2D eigenvalue weighted by Crippen LogP contribution is -2.30. The topological polar surface area (TPSA) is 61.1 Å². The molecular formula is C24H23N3O2. The number of hydrogen-bond donors (Lipinski definition) is 2. The highest BCUT2D eigenvalue weighted by atomic mass is 16.5. The molecule has 5 rings (SSSR count). The maximum Gasteiger partial charge on any atom is 0.252 e. The molecule has 4 aromatic rings. The third-order valence-corrected chi connectivity index (χ3v) is 5.75. The van der Waals surface area contributed by atoms with Crippen LogP contribution in [0.4, 0.5) is 0 Å². The average molecular weight is 385 g/mol. The lowest BCUT2D eigenvalue weighted by atomic mass is 9.98. The zero-order chi connectivity index (χ0) is 19.8. The smallest absolute Gasteiger partial charge is 0.252 e. The average Bonchev–Trinajstić information content (AvgIpc) is 3.18. The zero-order valence-electron chi connectivity index (χ0n) is 16.4. The molecule has 146 valence electrons. The summed E-state index contributed by atoms with van der Waals surface area (Å²) in [6, 6.07) is 16.0. The molecule has 5 heteroatoms. The number of rotatable bonds is 4. The van der Waals surface area contributed by atoms with Crippen molar-refractivity contribution in [2.24, 2.45) is 0 Å². The van der Waals surface area contributed by atoms with Crippen molar-refractivity contribution in [1.82, 2.24) is 14.9 Å². The molecular weight excluding hydrogens is 362 g/mol. The molecule has 1 aliphatic heterocycles. The summed E-state index contributed by atoms with van der Waals surface area (Å²) < 4.78 is 5.39. The minimum atomic E-state index is 0.00204. The van der Waals surface area contributed by atoms with E-state index in [0.717, 1.165) is 47.2 Å². The van der Waals surface area contributed by atoms with Crippen LogP contribution in [0.5, 0.6) is 5.75 Å². The largest absolute Gasteiger partial charge is 0.497 e. The maximum absolute atomic E-state index is 12.5. The Labute approximate surface area is 168 Å². The predicted molar refractivity (Wildman–Crippen MR) is 117 cm³/mol. The van der Waals surface area contributed by atoms with E-state index in [2.05, 4.69) is 39.3 Å². The first-order valence-electron chi connectivity index (χ1n) is 9.89. The summed E-state index contributed by atoms with van der Waals surface area (Å²) in [6.07, 6.45) is 5.32. The Morgan fingerprint density at radius 3 is 2.83 bits per heavy atom. The Hall–Kier alpha value is -3.31. The molecule has 0 fully saturated rings. The van der Waals surface area contributed by atoms with Crippen molar-refractivity contribution in [2.45, 2.75) is 13.0 Å². The fourth-order valence-corrected chi connectivity index (χ4v) is 4.14. The quantitative estimate of drug-likeness (QED) is 0.550. The molecule has 0 saturated carbocycles. The first kappa shape index (κ1) is 17.8. The Morgan fingerprint density at radius 1 is 1.10 bits per heavy atom.